The molecule has 0 aliphatic carbocycles. The molecule has 3 aromatic carbocycles. The summed E-state index contributed by atoms with van der Waals surface area (Å²) in [6.45, 7) is 5.59. The van der Waals surface area contributed by atoms with Crippen LogP contribution in [-0.4, -0.2) is 61.2 Å². The Morgan fingerprint density at radius 1 is 0.842 bits per heavy atom. The van der Waals surface area contributed by atoms with Gasteiger partial charge in [0.25, 0.3) is 0 Å². The third kappa shape index (κ3) is 8.57. The minimum atomic E-state index is -0.317. The summed E-state index contributed by atoms with van der Waals surface area (Å²) in [5.41, 5.74) is 3.16. The molecule has 3 aromatic rings. The molecule has 0 radical (unpaired) electrons. The number of amidine groups is 1. The Balaban J connectivity index is 1.52. The van der Waals surface area contributed by atoms with Gasteiger partial charge in [-0.15, -0.1) is 0 Å². The van der Waals surface area contributed by atoms with Crippen LogP contribution < -0.4 is 4.67 Å². The maximum Gasteiger partial charge on any atom is 0.407 e. The van der Waals surface area contributed by atoms with Gasteiger partial charge in [0.2, 0.25) is 0 Å². The molecule has 38 heavy (non-hydrogen) atoms. The number of benzene rings is 3. The molecule has 6 nitrogen and oxygen atoms in total. The van der Waals surface area contributed by atoms with Crippen LogP contribution in [0.5, 0.6) is 0 Å². The van der Waals surface area contributed by atoms with Crippen molar-refractivity contribution in [2.45, 2.75) is 50.0 Å². The monoisotopic (exact) mass is 533 g/mol. The standard InChI is InChI=1S/C31H37N2O4S/c1-32-31(33(2)3)38-29-19-27(35-21-25-15-9-5-10-16-25)30(36-22-26-17-11-6-12-18-26)28(37-29)23-34-20-24-13-7-4-8-14-24/h4-18,27-30H,1,19-23H2,2-3H3/q+1. The van der Waals surface area contributed by atoms with E-state index in [2.05, 4.69) is 47.8 Å². The van der Waals surface area contributed by atoms with E-state index in [1.54, 1.807) is 11.8 Å². The summed E-state index contributed by atoms with van der Waals surface area (Å²) in [7, 11) is 3.91. The predicted molar refractivity (Wildman–Crippen MR) is 155 cm³/mol. The zero-order chi connectivity index (χ0) is 26.6. The second-order valence-electron chi connectivity index (χ2n) is 9.39. The summed E-state index contributed by atoms with van der Waals surface area (Å²) < 4.78 is 30.0. The molecule has 4 atom stereocenters. The van der Waals surface area contributed by atoms with Crippen molar-refractivity contribution < 1.29 is 18.9 Å². The molecule has 7 heteroatoms. The van der Waals surface area contributed by atoms with Gasteiger partial charge in [0, 0.05) is 18.2 Å². The third-order valence-electron chi connectivity index (χ3n) is 6.22. The number of nitrogens with zero attached hydrogens (tertiary/aromatic N) is 2. The van der Waals surface area contributed by atoms with Gasteiger partial charge in [-0.3, -0.25) is 0 Å². The molecule has 0 N–H and O–H groups in total. The third-order valence-corrected chi connectivity index (χ3v) is 7.50. The first kappa shape index (κ1) is 28.1. The van der Waals surface area contributed by atoms with E-state index in [1.807, 2.05) is 73.6 Å². The highest BCUT2D eigenvalue weighted by Crippen LogP contribution is 2.33. The Kier molecular flexibility index (Phi) is 11.0. The smallest absolute Gasteiger partial charge is 0.374 e. The maximum atomic E-state index is 6.59. The first-order chi connectivity index (χ1) is 18.6. The molecule has 1 aliphatic rings. The predicted octanol–water partition coefficient (Wildman–Crippen LogP) is 4.91. The highest BCUT2D eigenvalue weighted by atomic mass is 32.2. The minimum Gasteiger partial charge on any atom is -0.374 e. The highest BCUT2D eigenvalue weighted by molar-refractivity contribution is 8.14. The van der Waals surface area contributed by atoms with Gasteiger partial charge in [0.1, 0.15) is 17.6 Å². The largest absolute Gasteiger partial charge is 0.407 e. The van der Waals surface area contributed by atoms with E-state index < -0.39 is 0 Å². The lowest BCUT2D eigenvalue weighted by Crippen LogP contribution is -2.52. The molecule has 4 rings (SSSR count). The van der Waals surface area contributed by atoms with Crippen molar-refractivity contribution in [1.82, 2.24) is 9.57 Å². The van der Waals surface area contributed by atoms with E-state index >= 15 is 0 Å². The normalized spacial score (nSPS) is 21.0. The van der Waals surface area contributed by atoms with Crippen LogP contribution in [0.2, 0.25) is 0 Å². The molecule has 1 heterocycles. The Bertz CT molecular complexity index is 1140. The Morgan fingerprint density at radius 3 is 1.89 bits per heavy atom. The summed E-state index contributed by atoms with van der Waals surface area (Å²) in [6, 6.07) is 30.6. The van der Waals surface area contributed by atoms with Crippen molar-refractivity contribution in [2.24, 2.45) is 0 Å². The topological polar surface area (TPSA) is 54.3 Å². The van der Waals surface area contributed by atoms with Crippen LogP contribution in [0.1, 0.15) is 23.1 Å². The van der Waals surface area contributed by atoms with Crippen molar-refractivity contribution in [3.63, 3.8) is 0 Å². The summed E-state index contributed by atoms with van der Waals surface area (Å²) >= 11 is 1.55. The molecule has 0 spiro atoms. The van der Waals surface area contributed by atoms with Crippen molar-refractivity contribution in [3.8, 4) is 0 Å². The fourth-order valence-corrected chi connectivity index (χ4v) is 5.30. The van der Waals surface area contributed by atoms with Gasteiger partial charge in [-0.25, -0.2) is 9.57 Å². The van der Waals surface area contributed by atoms with Gasteiger partial charge in [0.05, 0.1) is 46.6 Å². The van der Waals surface area contributed by atoms with Crippen LogP contribution in [-0.2, 0) is 38.8 Å². The van der Waals surface area contributed by atoms with E-state index in [9.17, 15) is 0 Å². The molecular weight excluding hydrogens is 496 g/mol. The first-order valence-electron chi connectivity index (χ1n) is 12.9. The van der Waals surface area contributed by atoms with E-state index in [1.165, 1.54) is 0 Å². The second kappa shape index (κ2) is 14.9. The highest BCUT2D eigenvalue weighted by Gasteiger charge is 2.42. The lowest BCUT2D eigenvalue weighted by Gasteiger charge is -2.41. The molecule has 0 amide bonds. The Labute approximate surface area is 230 Å². The number of hydrogen-bond acceptors (Lipinski definition) is 5. The maximum absolute atomic E-state index is 6.59. The minimum absolute atomic E-state index is 0.180. The van der Waals surface area contributed by atoms with Crippen molar-refractivity contribution in [3.05, 3.63) is 108 Å². The number of rotatable bonds is 11. The van der Waals surface area contributed by atoms with Gasteiger partial charge in [-0.2, -0.15) is 0 Å². The van der Waals surface area contributed by atoms with E-state index in [-0.39, 0.29) is 23.7 Å². The van der Waals surface area contributed by atoms with Crippen molar-refractivity contribution in [1.29, 1.82) is 0 Å². The van der Waals surface area contributed by atoms with E-state index in [0.29, 0.717) is 32.8 Å². The number of thioether (sulfide) groups is 1. The van der Waals surface area contributed by atoms with Crippen LogP contribution in [0.4, 0.5) is 0 Å². The molecule has 1 saturated heterocycles. The van der Waals surface area contributed by atoms with Crippen LogP contribution in [0.15, 0.2) is 91.0 Å². The lowest BCUT2D eigenvalue weighted by molar-refractivity contribution is -0.204. The van der Waals surface area contributed by atoms with E-state index in [0.717, 1.165) is 21.9 Å². The molecule has 0 aromatic heterocycles. The average molecular weight is 534 g/mol. The molecular formula is C31H37N2O4S+. The number of hydrogen-bond donors (Lipinski definition) is 0. The molecule has 4 unspecified atom stereocenters. The molecule has 1 aliphatic heterocycles. The Morgan fingerprint density at radius 2 is 1.37 bits per heavy atom. The number of ether oxygens (including phenoxy) is 4. The summed E-state index contributed by atoms with van der Waals surface area (Å²) in [5.74, 6) is 0. The van der Waals surface area contributed by atoms with Crippen LogP contribution in [0.3, 0.4) is 0 Å². The quantitative estimate of drug-likeness (QED) is 0.198. The van der Waals surface area contributed by atoms with Gasteiger partial charge >= 0.3 is 5.17 Å². The SMILES string of the molecule is C=[N+]=C(SC1CC(OCc2ccccc2)C(OCc2ccccc2)C(COCc2ccccc2)O1)N(C)C. The second-order valence-corrected chi connectivity index (χ2v) is 10.5. The van der Waals surface area contributed by atoms with Gasteiger partial charge in [-0.1, -0.05) is 91.0 Å². The van der Waals surface area contributed by atoms with Gasteiger partial charge < -0.3 is 18.9 Å². The first-order valence-corrected chi connectivity index (χ1v) is 13.8. The van der Waals surface area contributed by atoms with Crippen LogP contribution in [0, 0.1) is 0 Å². The van der Waals surface area contributed by atoms with Crippen LogP contribution >= 0.6 is 11.8 Å². The summed E-state index contributed by atoms with van der Waals surface area (Å²) in [6.07, 6.45) is -0.156. The molecule has 1 fully saturated rings. The molecule has 0 bridgehead atoms. The van der Waals surface area contributed by atoms with Crippen molar-refractivity contribution >= 4 is 23.6 Å². The van der Waals surface area contributed by atoms with Gasteiger partial charge in [-0.05, 0) is 16.7 Å². The van der Waals surface area contributed by atoms with E-state index in [4.69, 9.17) is 18.9 Å². The summed E-state index contributed by atoms with van der Waals surface area (Å²) in [4.78, 5) is 1.94. The Hall–Kier alpha value is -2.90. The zero-order valence-corrected chi connectivity index (χ0v) is 23.0. The fraction of sp³-hybridized carbons (Fsp3) is 0.355. The average Bonchev–Trinajstić information content (AvgIpc) is 2.95. The van der Waals surface area contributed by atoms with Crippen molar-refractivity contribution in [2.75, 3.05) is 20.7 Å². The lowest BCUT2D eigenvalue weighted by atomic mass is 10.0. The van der Waals surface area contributed by atoms with Gasteiger partial charge in [0.15, 0.2) is 6.72 Å². The summed E-state index contributed by atoms with van der Waals surface area (Å²) in [5, 5.41) is 0.796. The van der Waals surface area contributed by atoms with Crippen LogP contribution in [0.25, 0.3) is 0 Å². The fourth-order valence-electron chi connectivity index (χ4n) is 4.29. The molecule has 200 valence electrons. The zero-order valence-electron chi connectivity index (χ0n) is 22.1. The molecule has 0 saturated carbocycles.